The van der Waals surface area contributed by atoms with E-state index < -0.39 is 0 Å². The summed E-state index contributed by atoms with van der Waals surface area (Å²) in [7, 11) is 0. The molecule has 0 aliphatic carbocycles. The normalized spacial score (nSPS) is 21.6. The SMILES string of the molecule is Cc1ccc(N2CCN(C(=O)NCC3CCCO3)CC2)c(C)c1. The van der Waals surface area contributed by atoms with Crippen LogP contribution in [-0.2, 0) is 4.74 Å². The van der Waals surface area contributed by atoms with Gasteiger partial charge in [-0.1, -0.05) is 17.7 Å². The zero-order chi connectivity index (χ0) is 16.2. The van der Waals surface area contributed by atoms with Crippen molar-refractivity contribution in [3.63, 3.8) is 0 Å². The van der Waals surface area contributed by atoms with Crippen LogP contribution in [0.5, 0.6) is 0 Å². The highest BCUT2D eigenvalue weighted by Gasteiger charge is 2.23. The molecule has 1 aromatic rings. The number of rotatable bonds is 3. The summed E-state index contributed by atoms with van der Waals surface area (Å²) in [6.45, 7) is 9.05. The van der Waals surface area contributed by atoms with E-state index in [0.29, 0.717) is 6.54 Å². The minimum Gasteiger partial charge on any atom is -0.376 e. The highest BCUT2D eigenvalue weighted by Crippen LogP contribution is 2.22. The van der Waals surface area contributed by atoms with Crippen molar-refractivity contribution in [1.29, 1.82) is 0 Å². The Morgan fingerprint density at radius 2 is 2.04 bits per heavy atom. The van der Waals surface area contributed by atoms with E-state index in [1.807, 2.05) is 4.90 Å². The highest BCUT2D eigenvalue weighted by molar-refractivity contribution is 5.74. The van der Waals surface area contributed by atoms with Gasteiger partial charge in [0.2, 0.25) is 0 Å². The number of piperazine rings is 1. The molecule has 0 aromatic heterocycles. The average Bonchev–Trinajstić information content (AvgIpc) is 3.06. The van der Waals surface area contributed by atoms with Crippen LogP contribution >= 0.6 is 0 Å². The maximum Gasteiger partial charge on any atom is 0.317 e. The van der Waals surface area contributed by atoms with Crippen LogP contribution in [0.1, 0.15) is 24.0 Å². The Morgan fingerprint density at radius 3 is 2.70 bits per heavy atom. The first-order valence-corrected chi connectivity index (χ1v) is 8.60. The number of hydrogen-bond acceptors (Lipinski definition) is 3. The molecule has 0 radical (unpaired) electrons. The van der Waals surface area contributed by atoms with Gasteiger partial charge in [-0.3, -0.25) is 0 Å². The summed E-state index contributed by atoms with van der Waals surface area (Å²) in [6, 6.07) is 6.61. The molecule has 5 heteroatoms. The lowest BCUT2D eigenvalue weighted by Gasteiger charge is -2.37. The molecule has 2 aliphatic rings. The molecule has 0 spiro atoms. The number of carbonyl (C=O) groups is 1. The summed E-state index contributed by atoms with van der Waals surface area (Å²) >= 11 is 0. The van der Waals surface area contributed by atoms with Crippen LogP contribution in [0, 0.1) is 13.8 Å². The van der Waals surface area contributed by atoms with Crippen LogP contribution in [-0.4, -0.2) is 56.4 Å². The first-order valence-electron chi connectivity index (χ1n) is 8.60. The molecule has 2 fully saturated rings. The molecule has 1 unspecified atom stereocenters. The Labute approximate surface area is 138 Å². The maximum atomic E-state index is 12.3. The number of urea groups is 1. The van der Waals surface area contributed by atoms with E-state index in [9.17, 15) is 4.79 Å². The number of anilines is 1. The third-order valence-corrected chi connectivity index (χ3v) is 4.76. The van der Waals surface area contributed by atoms with Crippen molar-refractivity contribution in [3.05, 3.63) is 29.3 Å². The molecule has 23 heavy (non-hydrogen) atoms. The second-order valence-corrected chi connectivity index (χ2v) is 6.59. The van der Waals surface area contributed by atoms with Gasteiger partial charge in [-0.2, -0.15) is 0 Å². The standard InChI is InChI=1S/C18H27N3O2/c1-14-5-6-17(15(2)12-14)20-7-9-21(10-8-20)18(22)19-13-16-4-3-11-23-16/h5-6,12,16H,3-4,7-11,13H2,1-2H3,(H,19,22). The number of hydrogen-bond donors (Lipinski definition) is 1. The number of aryl methyl sites for hydroxylation is 2. The number of amides is 2. The van der Waals surface area contributed by atoms with Gasteiger partial charge in [0, 0.05) is 45.0 Å². The molecular formula is C18H27N3O2. The van der Waals surface area contributed by atoms with Gasteiger partial charge < -0.3 is 19.9 Å². The van der Waals surface area contributed by atoms with Gasteiger partial charge in [0.15, 0.2) is 0 Å². The summed E-state index contributed by atoms with van der Waals surface area (Å²) in [5.74, 6) is 0. The zero-order valence-electron chi connectivity index (χ0n) is 14.2. The molecule has 1 aromatic carbocycles. The molecule has 2 aliphatic heterocycles. The van der Waals surface area contributed by atoms with Crippen LogP contribution in [0.25, 0.3) is 0 Å². The maximum absolute atomic E-state index is 12.3. The molecule has 0 bridgehead atoms. The lowest BCUT2D eigenvalue weighted by molar-refractivity contribution is 0.108. The van der Waals surface area contributed by atoms with E-state index in [1.165, 1.54) is 16.8 Å². The van der Waals surface area contributed by atoms with Crippen molar-refractivity contribution in [1.82, 2.24) is 10.2 Å². The number of carbonyl (C=O) groups excluding carboxylic acids is 1. The number of benzene rings is 1. The largest absolute Gasteiger partial charge is 0.376 e. The Kier molecular flexibility index (Phi) is 5.06. The third kappa shape index (κ3) is 3.96. The fourth-order valence-electron chi connectivity index (χ4n) is 3.43. The fraction of sp³-hybridized carbons (Fsp3) is 0.611. The van der Waals surface area contributed by atoms with Crippen LogP contribution in [0.4, 0.5) is 10.5 Å². The van der Waals surface area contributed by atoms with Gasteiger partial charge in [0.05, 0.1) is 6.10 Å². The van der Waals surface area contributed by atoms with Crippen LogP contribution in [0.2, 0.25) is 0 Å². The van der Waals surface area contributed by atoms with Gasteiger partial charge in [-0.15, -0.1) is 0 Å². The van der Waals surface area contributed by atoms with Crippen LogP contribution in [0.3, 0.4) is 0 Å². The molecular weight excluding hydrogens is 290 g/mol. The van der Waals surface area contributed by atoms with Crippen molar-refractivity contribution < 1.29 is 9.53 Å². The van der Waals surface area contributed by atoms with Crippen molar-refractivity contribution in [2.24, 2.45) is 0 Å². The first kappa shape index (κ1) is 16.1. The summed E-state index contributed by atoms with van der Waals surface area (Å²) < 4.78 is 5.55. The van der Waals surface area contributed by atoms with Crippen LogP contribution in [0.15, 0.2) is 18.2 Å². The van der Waals surface area contributed by atoms with Gasteiger partial charge >= 0.3 is 6.03 Å². The average molecular weight is 317 g/mol. The molecule has 2 amide bonds. The number of nitrogens with zero attached hydrogens (tertiary/aromatic N) is 2. The minimum absolute atomic E-state index is 0.0424. The van der Waals surface area contributed by atoms with Gasteiger partial charge in [0.1, 0.15) is 0 Å². The molecule has 2 heterocycles. The van der Waals surface area contributed by atoms with E-state index in [4.69, 9.17) is 4.74 Å². The van der Waals surface area contributed by atoms with Crippen LogP contribution < -0.4 is 10.2 Å². The van der Waals surface area contributed by atoms with E-state index in [1.54, 1.807) is 0 Å². The topological polar surface area (TPSA) is 44.8 Å². The number of nitrogens with one attached hydrogen (secondary N) is 1. The molecule has 1 N–H and O–H groups in total. The fourth-order valence-corrected chi connectivity index (χ4v) is 3.43. The predicted octanol–water partition coefficient (Wildman–Crippen LogP) is 2.31. The lowest BCUT2D eigenvalue weighted by atomic mass is 10.1. The first-order chi connectivity index (χ1) is 11.1. The summed E-state index contributed by atoms with van der Waals surface area (Å²) in [5, 5.41) is 3.01. The second kappa shape index (κ2) is 7.21. The molecule has 5 nitrogen and oxygen atoms in total. The zero-order valence-corrected chi connectivity index (χ0v) is 14.2. The summed E-state index contributed by atoms with van der Waals surface area (Å²) in [4.78, 5) is 16.5. The van der Waals surface area contributed by atoms with Crippen molar-refractivity contribution in [3.8, 4) is 0 Å². The molecule has 0 saturated carbocycles. The van der Waals surface area contributed by atoms with Crippen molar-refractivity contribution >= 4 is 11.7 Å². The van der Waals surface area contributed by atoms with E-state index >= 15 is 0 Å². The second-order valence-electron chi connectivity index (χ2n) is 6.59. The van der Waals surface area contributed by atoms with E-state index in [-0.39, 0.29) is 12.1 Å². The Hall–Kier alpha value is -1.75. The molecule has 1 atom stereocenters. The van der Waals surface area contributed by atoms with E-state index in [0.717, 1.165) is 45.6 Å². The van der Waals surface area contributed by atoms with Crippen molar-refractivity contribution in [2.75, 3.05) is 44.2 Å². The highest BCUT2D eigenvalue weighted by atomic mass is 16.5. The lowest BCUT2D eigenvalue weighted by Crippen LogP contribution is -2.52. The Balaban J connectivity index is 1.48. The molecule has 126 valence electrons. The summed E-state index contributed by atoms with van der Waals surface area (Å²) in [5.41, 5.74) is 3.88. The predicted molar refractivity (Wildman–Crippen MR) is 92.1 cm³/mol. The third-order valence-electron chi connectivity index (χ3n) is 4.76. The minimum atomic E-state index is 0.0424. The van der Waals surface area contributed by atoms with E-state index in [2.05, 4.69) is 42.3 Å². The Bertz CT molecular complexity index is 547. The smallest absolute Gasteiger partial charge is 0.317 e. The Morgan fingerprint density at radius 1 is 1.26 bits per heavy atom. The van der Waals surface area contributed by atoms with Gasteiger partial charge in [-0.25, -0.2) is 4.79 Å². The van der Waals surface area contributed by atoms with Gasteiger partial charge in [-0.05, 0) is 38.3 Å². The molecule has 2 saturated heterocycles. The monoisotopic (exact) mass is 317 g/mol. The van der Waals surface area contributed by atoms with Gasteiger partial charge in [0.25, 0.3) is 0 Å². The summed E-state index contributed by atoms with van der Waals surface area (Å²) in [6.07, 6.45) is 2.37. The quantitative estimate of drug-likeness (QED) is 0.930. The molecule has 3 rings (SSSR count). The van der Waals surface area contributed by atoms with Crippen molar-refractivity contribution in [2.45, 2.75) is 32.8 Å². The number of ether oxygens (including phenoxy) is 1.